The molecule has 1 unspecified atom stereocenters. The minimum atomic E-state index is -0.315. The normalized spacial score (nSPS) is 21.7. The second-order valence-corrected chi connectivity index (χ2v) is 4.78. The van der Waals surface area contributed by atoms with Gasteiger partial charge in [-0.25, -0.2) is 0 Å². The van der Waals surface area contributed by atoms with E-state index >= 15 is 0 Å². The first-order valence-electron chi connectivity index (χ1n) is 6.32. The molecular formula is C14H20N2O2. The van der Waals surface area contributed by atoms with Crippen LogP contribution in [0.1, 0.15) is 30.9 Å². The second kappa shape index (κ2) is 4.98. The number of fused-ring (bicyclic) bond motifs is 1. The van der Waals surface area contributed by atoms with Crippen LogP contribution in [0.2, 0.25) is 0 Å². The number of amides is 1. The molecule has 4 nitrogen and oxygen atoms in total. The summed E-state index contributed by atoms with van der Waals surface area (Å²) in [6.45, 7) is 2.85. The highest BCUT2D eigenvalue weighted by molar-refractivity contribution is 5.76. The molecule has 18 heavy (non-hydrogen) atoms. The highest BCUT2D eigenvalue weighted by Crippen LogP contribution is 2.41. The van der Waals surface area contributed by atoms with Crippen LogP contribution in [-0.4, -0.2) is 19.6 Å². The average molecular weight is 248 g/mol. The SMILES string of the molecule is CCNC1(CC(N)=O)CCc2ccc(OC)cc21. The Kier molecular flexibility index (Phi) is 3.57. The number of carbonyl (C=O) groups is 1. The molecule has 0 heterocycles. The molecule has 0 bridgehead atoms. The minimum absolute atomic E-state index is 0.272. The Hall–Kier alpha value is -1.55. The van der Waals surface area contributed by atoms with Crippen LogP contribution in [0.25, 0.3) is 0 Å². The van der Waals surface area contributed by atoms with Crippen molar-refractivity contribution in [1.29, 1.82) is 0 Å². The summed E-state index contributed by atoms with van der Waals surface area (Å²) >= 11 is 0. The molecule has 3 N–H and O–H groups in total. The lowest BCUT2D eigenvalue weighted by Crippen LogP contribution is -2.43. The monoisotopic (exact) mass is 248 g/mol. The van der Waals surface area contributed by atoms with Crippen LogP contribution in [0.5, 0.6) is 5.75 Å². The summed E-state index contributed by atoms with van der Waals surface area (Å²) in [6.07, 6.45) is 2.22. The summed E-state index contributed by atoms with van der Waals surface area (Å²) in [5.41, 5.74) is 7.52. The summed E-state index contributed by atoms with van der Waals surface area (Å²) in [4.78, 5) is 11.4. The van der Waals surface area contributed by atoms with Crippen LogP contribution in [0, 0.1) is 0 Å². The Labute approximate surface area is 108 Å². The molecule has 4 heteroatoms. The molecule has 1 aliphatic carbocycles. The third-order valence-electron chi connectivity index (χ3n) is 3.64. The third kappa shape index (κ3) is 2.20. The van der Waals surface area contributed by atoms with Crippen molar-refractivity contribution in [2.75, 3.05) is 13.7 Å². The van der Waals surface area contributed by atoms with Gasteiger partial charge in [0.05, 0.1) is 12.6 Å². The second-order valence-electron chi connectivity index (χ2n) is 4.78. The number of aryl methyl sites for hydroxylation is 1. The Morgan fingerprint density at radius 3 is 2.94 bits per heavy atom. The standard InChI is InChI=1S/C14H20N2O2/c1-3-16-14(9-13(15)17)7-6-10-4-5-11(18-2)8-12(10)14/h4-5,8,16H,3,6-7,9H2,1-2H3,(H2,15,17). The highest BCUT2D eigenvalue weighted by Gasteiger charge is 2.39. The lowest BCUT2D eigenvalue weighted by molar-refractivity contribution is -0.119. The van der Waals surface area contributed by atoms with E-state index in [-0.39, 0.29) is 11.4 Å². The molecule has 0 aromatic heterocycles. The van der Waals surface area contributed by atoms with Gasteiger partial charge < -0.3 is 15.8 Å². The van der Waals surface area contributed by atoms with Crippen LogP contribution in [0.15, 0.2) is 18.2 Å². The lowest BCUT2D eigenvalue weighted by Gasteiger charge is -2.30. The molecule has 0 aliphatic heterocycles. The van der Waals surface area contributed by atoms with Gasteiger partial charge in [0.2, 0.25) is 5.91 Å². The van der Waals surface area contributed by atoms with Gasteiger partial charge in [-0.3, -0.25) is 4.79 Å². The first-order valence-corrected chi connectivity index (χ1v) is 6.32. The number of nitrogens with two attached hydrogens (primary N) is 1. The molecule has 1 amide bonds. The van der Waals surface area contributed by atoms with Gasteiger partial charge >= 0.3 is 0 Å². The largest absolute Gasteiger partial charge is 0.497 e. The van der Waals surface area contributed by atoms with Crippen molar-refractivity contribution >= 4 is 5.91 Å². The fraction of sp³-hybridized carbons (Fsp3) is 0.500. The van der Waals surface area contributed by atoms with E-state index in [2.05, 4.69) is 11.4 Å². The number of ether oxygens (including phenoxy) is 1. The predicted molar refractivity (Wildman–Crippen MR) is 70.5 cm³/mol. The van der Waals surface area contributed by atoms with E-state index in [0.29, 0.717) is 6.42 Å². The van der Waals surface area contributed by atoms with E-state index in [1.807, 2.05) is 19.1 Å². The zero-order valence-corrected chi connectivity index (χ0v) is 11.0. The van der Waals surface area contributed by atoms with Gasteiger partial charge in [-0.2, -0.15) is 0 Å². The number of benzene rings is 1. The molecule has 0 saturated heterocycles. The van der Waals surface area contributed by atoms with Crippen LogP contribution in [0.4, 0.5) is 0 Å². The average Bonchev–Trinajstić information content (AvgIpc) is 2.67. The van der Waals surface area contributed by atoms with Gasteiger partial charge in [0, 0.05) is 6.42 Å². The molecule has 0 saturated carbocycles. The number of methoxy groups -OCH3 is 1. The number of hydrogen-bond donors (Lipinski definition) is 2. The maximum atomic E-state index is 11.4. The lowest BCUT2D eigenvalue weighted by atomic mass is 9.87. The molecule has 1 aliphatic rings. The first kappa shape index (κ1) is 12.9. The van der Waals surface area contributed by atoms with Gasteiger partial charge in [0.25, 0.3) is 0 Å². The van der Waals surface area contributed by atoms with Gasteiger partial charge in [-0.1, -0.05) is 13.0 Å². The highest BCUT2D eigenvalue weighted by atomic mass is 16.5. The number of hydrogen-bond acceptors (Lipinski definition) is 3. The van der Waals surface area contributed by atoms with Crippen molar-refractivity contribution in [1.82, 2.24) is 5.32 Å². The van der Waals surface area contributed by atoms with Gasteiger partial charge in [-0.15, -0.1) is 0 Å². The van der Waals surface area contributed by atoms with Gasteiger partial charge in [-0.05, 0) is 42.6 Å². The number of carbonyl (C=O) groups excluding carboxylic acids is 1. The maximum Gasteiger partial charge on any atom is 0.219 e. The van der Waals surface area contributed by atoms with E-state index < -0.39 is 0 Å². The topological polar surface area (TPSA) is 64.3 Å². The Bertz CT molecular complexity index is 455. The van der Waals surface area contributed by atoms with Crippen LogP contribution in [-0.2, 0) is 16.8 Å². The molecule has 0 spiro atoms. The fourth-order valence-electron chi connectivity index (χ4n) is 2.89. The van der Waals surface area contributed by atoms with Gasteiger partial charge in [0.1, 0.15) is 5.75 Å². The van der Waals surface area contributed by atoms with E-state index in [9.17, 15) is 4.79 Å². The molecule has 0 radical (unpaired) electrons. The number of nitrogens with one attached hydrogen (secondary N) is 1. The smallest absolute Gasteiger partial charge is 0.219 e. The zero-order valence-electron chi connectivity index (χ0n) is 11.0. The molecule has 1 aromatic rings. The van der Waals surface area contributed by atoms with E-state index in [4.69, 9.17) is 10.5 Å². The van der Waals surface area contributed by atoms with Crippen LogP contribution >= 0.6 is 0 Å². The predicted octanol–water partition coefficient (Wildman–Crippen LogP) is 1.32. The molecule has 1 aromatic carbocycles. The third-order valence-corrected chi connectivity index (χ3v) is 3.64. The Morgan fingerprint density at radius 1 is 1.56 bits per heavy atom. The van der Waals surface area contributed by atoms with Crippen molar-refractivity contribution in [3.8, 4) is 5.75 Å². The molecule has 0 fully saturated rings. The summed E-state index contributed by atoms with van der Waals surface area (Å²) < 4.78 is 5.27. The van der Waals surface area contributed by atoms with E-state index in [1.165, 1.54) is 5.56 Å². The van der Waals surface area contributed by atoms with Crippen LogP contribution < -0.4 is 15.8 Å². The molecular weight excluding hydrogens is 228 g/mol. The molecule has 1 atom stereocenters. The fourth-order valence-corrected chi connectivity index (χ4v) is 2.89. The molecule has 2 rings (SSSR count). The van der Waals surface area contributed by atoms with Crippen molar-refractivity contribution in [2.24, 2.45) is 5.73 Å². The van der Waals surface area contributed by atoms with Crippen molar-refractivity contribution in [3.05, 3.63) is 29.3 Å². The maximum absolute atomic E-state index is 11.4. The quantitative estimate of drug-likeness (QED) is 0.826. The van der Waals surface area contributed by atoms with E-state index in [1.54, 1.807) is 7.11 Å². The minimum Gasteiger partial charge on any atom is -0.497 e. The number of primary amides is 1. The van der Waals surface area contributed by atoms with Gasteiger partial charge in [0.15, 0.2) is 0 Å². The number of rotatable bonds is 5. The van der Waals surface area contributed by atoms with E-state index in [0.717, 1.165) is 30.7 Å². The Balaban J connectivity index is 2.43. The Morgan fingerprint density at radius 2 is 2.33 bits per heavy atom. The molecule has 98 valence electrons. The summed E-state index contributed by atoms with van der Waals surface area (Å²) in [5.74, 6) is 0.550. The van der Waals surface area contributed by atoms with Crippen molar-refractivity contribution in [2.45, 2.75) is 31.7 Å². The summed E-state index contributed by atoms with van der Waals surface area (Å²) in [7, 11) is 1.65. The summed E-state index contributed by atoms with van der Waals surface area (Å²) in [5, 5.41) is 3.44. The zero-order chi connectivity index (χ0) is 13.2. The first-order chi connectivity index (χ1) is 8.61. The van der Waals surface area contributed by atoms with Crippen molar-refractivity contribution < 1.29 is 9.53 Å². The summed E-state index contributed by atoms with van der Waals surface area (Å²) in [6, 6.07) is 6.06. The van der Waals surface area contributed by atoms with Crippen molar-refractivity contribution in [3.63, 3.8) is 0 Å². The van der Waals surface area contributed by atoms with Crippen LogP contribution in [0.3, 0.4) is 0 Å².